The third-order valence-corrected chi connectivity index (χ3v) is 2.93. The topological polar surface area (TPSA) is 66.8 Å². The number of aromatic hydroxyl groups is 1. The molecule has 0 aliphatic carbocycles. The SMILES string of the molecule is C=CCN(CC(=O)OCC)C(=O)CCc1ccccc1O. The van der Waals surface area contributed by atoms with Gasteiger partial charge in [-0.3, -0.25) is 9.59 Å². The molecule has 5 nitrogen and oxygen atoms in total. The largest absolute Gasteiger partial charge is 0.508 e. The molecule has 1 aromatic rings. The normalized spacial score (nSPS) is 9.95. The molecule has 1 aromatic carbocycles. The lowest BCUT2D eigenvalue weighted by Gasteiger charge is -2.20. The van der Waals surface area contributed by atoms with Crippen LogP contribution in [0.3, 0.4) is 0 Å². The minimum atomic E-state index is -0.435. The molecule has 0 aliphatic heterocycles. The van der Waals surface area contributed by atoms with Crippen molar-refractivity contribution in [3.05, 3.63) is 42.5 Å². The van der Waals surface area contributed by atoms with E-state index in [0.29, 0.717) is 18.5 Å². The number of aryl methyl sites for hydroxylation is 1. The van der Waals surface area contributed by atoms with Gasteiger partial charge in [0.25, 0.3) is 0 Å². The molecule has 1 N–H and O–H groups in total. The Bertz CT molecular complexity index is 499. The molecule has 0 aliphatic rings. The summed E-state index contributed by atoms with van der Waals surface area (Å²) >= 11 is 0. The lowest BCUT2D eigenvalue weighted by atomic mass is 10.1. The number of para-hydroxylation sites is 1. The fraction of sp³-hybridized carbons (Fsp3) is 0.375. The number of rotatable bonds is 8. The predicted molar refractivity (Wildman–Crippen MR) is 79.8 cm³/mol. The zero-order valence-corrected chi connectivity index (χ0v) is 12.2. The van der Waals surface area contributed by atoms with Gasteiger partial charge in [-0.05, 0) is 25.0 Å². The first-order chi connectivity index (χ1) is 10.1. The van der Waals surface area contributed by atoms with Crippen LogP contribution in [-0.2, 0) is 20.7 Å². The van der Waals surface area contributed by atoms with E-state index in [9.17, 15) is 14.7 Å². The summed E-state index contributed by atoms with van der Waals surface area (Å²) in [5.74, 6) is -0.438. The molecule has 5 heteroatoms. The number of esters is 1. The standard InChI is InChI=1S/C16H21NO4/c1-3-11-17(12-16(20)21-4-2)15(19)10-9-13-7-5-6-8-14(13)18/h3,5-8,18H,1,4,9-12H2,2H3. The van der Waals surface area contributed by atoms with Crippen LogP contribution in [0.4, 0.5) is 0 Å². The van der Waals surface area contributed by atoms with Crippen molar-refractivity contribution in [1.82, 2.24) is 4.90 Å². The zero-order valence-electron chi connectivity index (χ0n) is 12.2. The highest BCUT2D eigenvalue weighted by Gasteiger charge is 2.17. The molecule has 0 heterocycles. The van der Waals surface area contributed by atoms with Crippen LogP contribution in [0.25, 0.3) is 0 Å². The summed E-state index contributed by atoms with van der Waals surface area (Å²) in [5, 5.41) is 9.67. The van der Waals surface area contributed by atoms with Crippen molar-refractivity contribution < 1.29 is 19.4 Å². The number of phenols is 1. The minimum Gasteiger partial charge on any atom is -0.508 e. The molecule has 21 heavy (non-hydrogen) atoms. The summed E-state index contributed by atoms with van der Waals surface area (Å²) in [6, 6.07) is 6.89. The van der Waals surface area contributed by atoms with E-state index in [4.69, 9.17) is 4.74 Å². The Kier molecular flexibility index (Phi) is 7.01. The van der Waals surface area contributed by atoms with Crippen LogP contribution in [0.5, 0.6) is 5.75 Å². The van der Waals surface area contributed by atoms with Crippen molar-refractivity contribution in [2.45, 2.75) is 19.8 Å². The van der Waals surface area contributed by atoms with Crippen molar-refractivity contribution in [1.29, 1.82) is 0 Å². The van der Waals surface area contributed by atoms with E-state index >= 15 is 0 Å². The Morgan fingerprint density at radius 3 is 2.71 bits per heavy atom. The molecule has 0 spiro atoms. The van der Waals surface area contributed by atoms with Gasteiger partial charge in [-0.15, -0.1) is 6.58 Å². The van der Waals surface area contributed by atoms with Crippen molar-refractivity contribution in [2.75, 3.05) is 19.7 Å². The van der Waals surface area contributed by atoms with Crippen LogP contribution in [0, 0.1) is 0 Å². The Hall–Kier alpha value is -2.30. The van der Waals surface area contributed by atoms with Crippen molar-refractivity contribution >= 4 is 11.9 Å². The van der Waals surface area contributed by atoms with Crippen molar-refractivity contribution in [3.63, 3.8) is 0 Å². The van der Waals surface area contributed by atoms with E-state index in [1.165, 1.54) is 4.90 Å². The average Bonchev–Trinajstić information content (AvgIpc) is 2.46. The Balaban J connectivity index is 2.58. The van der Waals surface area contributed by atoms with E-state index in [1.807, 2.05) is 0 Å². The maximum atomic E-state index is 12.1. The monoisotopic (exact) mass is 291 g/mol. The van der Waals surface area contributed by atoms with Gasteiger partial charge in [0.15, 0.2) is 0 Å². The third kappa shape index (κ3) is 5.69. The molecule has 0 unspecified atom stereocenters. The van der Waals surface area contributed by atoms with Gasteiger partial charge in [0.05, 0.1) is 6.61 Å². The van der Waals surface area contributed by atoms with Gasteiger partial charge < -0.3 is 14.7 Å². The molecular weight excluding hydrogens is 270 g/mol. The molecule has 0 atom stereocenters. The fourth-order valence-corrected chi connectivity index (χ4v) is 1.89. The van der Waals surface area contributed by atoms with E-state index in [0.717, 1.165) is 0 Å². The molecule has 0 radical (unpaired) electrons. The van der Waals surface area contributed by atoms with Gasteiger partial charge in [-0.2, -0.15) is 0 Å². The van der Waals surface area contributed by atoms with E-state index in [-0.39, 0.29) is 31.2 Å². The Labute approximate surface area is 124 Å². The lowest BCUT2D eigenvalue weighted by molar-refractivity contribution is -0.148. The number of phenolic OH excluding ortho intramolecular Hbond substituents is 1. The number of hydrogen-bond acceptors (Lipinski definition) is 4. The third-order valence-electron chi connectivity index (χ3n) is 2.93. The summed E-state index contributed by atoms with van der Waals surface area (Å²) in [4.78, 5) is 25.0. The molecule has 0 aromatic heterocycles. The van der Waals surface area contributed by atoms with E-state index < -0.39 is 5.97 Å². The summed E-state index contributed by atoms with van der Waals surface area (Å²) in [7, 11) is 0. The second kappa shape index (κ2) is 8.79. The van der Waals surface area contributed by atoms with Gasteiger partial charge in [-0.1, -0.05) is 24.3 Å². The summed E-state index contributed by atoms with van der Waals surface area (Å²) in [5.41, 5.74) is 0.709. The number of amides is 1. The van der Waals surface area contributed by atoms with Gasteiger partial charge in [0.2, 0.25) is 5.91 Å². The Morgan fingerprint density at radius 1 is 1.38 bits per heavy atom. The maximum absolute atomic E-state index is 12.1. The smallest absolute Gasteiger partial charge is 0.325 e. The van der Waals surface area contributed by atoms with Crippen LogP contribution in [0.2, 0.25) is 0 Å². The summed E-state index contributed by atoms with van der Waals surface area (Å²) in [6.45, 7) is 5.79. The number of carbonyl (C=O) groups is 2. The minimum absolute atomic E-state index is 0.0839. The van der Waals surface area contributed by atoms with Gasteiger partial charge in [0, 0.05) is 13.0 Å². The molecule has 0 fully saturated rings. The van der Waals surface area contributed by atoms with Crippen LogP contribution >= 0.6 is 0 Å². The highest BCUT2D eigenvalue weighted by atomic mass is 16.5. The zero-order chi connectivity index (χ0) is 15.7. The first kappa shape index (κ1) is 16.8. The summed E-state index contributed by atoms with van der Waals surface area (Å²) < 4.78 is 4.84. The number of hydrogen-bond donors (Lipinski definition) is 1. The predicted octanol–water partition coefficient (Wildman–Crippen LogP) is 1.90. The van der Waals surface area contributed by atoms with Crippen LogP contribution in [0.1, 0.15) is 18.9 Å². The molecule has 1 amide bonds. The lowest BCUT2D eigenvalue weighted by Crippen LogP contribution is -2.36. The van der Waals surface area contributed by atoms with E-state index in [1.54, 1.807) is 37.3 Å². The number of nitrogens with zero attached hydrogens (tertiary/aromatic N) is 1. The quantitative estimate of drug-likeness (QED) is 0.587. The molecule has 0 bridgehead atoms. The van der Waals surface area contributed by atoms with Gasteiger partial charge in [-0.25, -0.2) is 0 Å². The summed E-state index contributed by atoms with van der Waals surface area (Å²) in [6.07, 6.45) is 2.20. The highest BCUT2D eigenvalue weighted by molar-refractivity contribution is 5.82. The van der Waals surface area contributed by atoms with Gasteiger partial charge >= 0.3 is 5.97 Å². The van der Waals surface area contributed by atoms with Crippen LogP contribution in [-0.4, -0.2) is 41.6 Å². The first-order valence-corrected chi connectivity index (χ1v) is 6.89. The fourth-order valence-electron chi connectivity index (χ4n) is 1.89. The second-order valence-electron chi connectivity index (χ2n) is 4.50. The van der Waals surface area contributed by atoms with Crippen molar-refractivity contribution in [2.24, 2.45) is 0 Å². The molecule has 0 saturated carbocycles. The van der Waals surface area contributed by atoms with Crippen molar-refractivity contribution in [3.8, 4) is 5.75 Å². The molecule has 0 saturated heterocycles. The number of benzene rings is 1. The first-order valence-electron chi connectivity index (χ1n) is 6.89. The molecule has 114 valence electrons. The highest BCUT2D eigenvalue weighted by Crippen LogP contribution is 2.17. The number of ether oxygens (including phenoxy) is 1. The van der Waals surface area contributed by atoms with Crippen LogP contribution < -0.4 is 0 Å². The number of carbonyl (C=O) groups excluding carboxylic acids is 2. The Morgan fingerprint density at radius 2 is 2.10 bits per heavy atom. The van der Waals surface area contributed by atoms with Crippen LogP contribution in [0.15, 0.2) is 36.9 Å². The van der Waals surface area contributed by atoms with Gasteiger partial charge in [0.1, 0.15) is 12.3 Å². The van der Waals surface area contributed by atoms with E-state index in [2.05, 4.69) is 6.58 Å². The maximum Gasteiger partial charge on any atom is 0.325 e. The average molecular weight is 291 g/mol. The molecular formula is C16H21NO4. The molecule has 1 rings (SSSR count). The second-order valence-corrected chi connectivity index (χ2v) is 4.50.